The highest BCUT2D eigenvalue weighted by atomic mass is 16.5. The summed E-state index contributed by atoms with van der Waals surface area (Å²) in [5.74, 6) is 0.508. The average molecular weight is 291 g/mol. The van der Waals surface area contributed by atoms with Gasteiger partial charge in [0.05, 0.1) is 5.56 Å². The maximum Gasteiger partial charge on any atom is 0.257 e. The van der Waals surface area contributed by atoms with Crippen LogP contribution in [0, 0.1) is 0 Å². The number of hydrogen-bond acceptors (Lipinski definition) is 4. The summed E-state index contributed by atoms with van der Waals surface area (Å²) in [7, 11) is 3.46. The van der Waals surface area contributed by atoms with Gasteiger partial charge in [0.15, 0.2) is 0 Å². The summed E-state index contributed by atoms with van der Waals surface area (Å²) < 4.78 is 5.82. The third-order valence-electron chi connectivity index (χ3n) is 3.76. The first kappa shape index (κ1) is 15.6. The van der Waals surface area contributed by atoms with Crippen LogP contribution in [-0.2, 0) is 0 Å². The normalized spacial score (nSPS) is 15.7. The smallest absolute Gasteiger partial charge is 0.257 e. The maximum absolute atomic E-state index is 12.1. The first-order valence-corrected chi connectivity index (χ1v) is 7.54. The molecule has 0 spiro atoms. The van der Waals surface area contributed by atoms with Crippen molar-refractivity contribution in [3.63, 3.8) is 0 Å². The summed E-state index contributed by atoms with van der Waals surface area (Å²) in [5.41, 5.74) is 6.98. The Bertz CT molecular complexity index is 482. The summed E-state index contributed by atoms with van der Waals surface area (Å²) in [4.78, 5) is 16.1. The number of nitrogens with two attached hydrogens (primary N) is 1. The molecule has 1 aromatic carbocycles. The molecule has 1 saturated heterocycles. The number of piperidine rings is 1. The Morgan fingerprint density at radius 3 is 2.67 bits per heavy atom. The highest BCUT2D eigenvalue weighted by Gasteiger charge is 2.15. The molecule has 0 unspecified atom stereocenters. The lowest BCUT2D eigenvalue weighted by atomic mass is 10.1. The number of anilines is 1. The molecule has 0 atom stereocenters. The molecule has 0 aliphatic carbocycles. The van der Waals surface area contributed by atoms with E-state index in [9.17, 15) is 4.79 Å². The number of carbonyl (C=O) groups excluding carboxylic acids is 1. The van der Waals surface area contributed by atoms with E-state index in [0.717, 1.165) is 19.6 Å². The van der Waals surface area contributed by atoms with Gasteiger partial charge in [0.2, 0.25) is 0 Å². The lowest BCUT2D eigenvalue weighted by Gasteiger charge is -2.26. The Balaban J connectivity index is 1.97. The van der Waals surface area contributed by atoms with Crippen LogP contribution in [0.25, 0.3) is 0 Å². The number of nitrogen functional groups attached to an aromatic ring is 1. The van der Waals surface area contributed by atoms with E-state index < -0.39 is 0 Å². The molecular formula is C16H25N3O2. The summed E-state index contributed by atoms with van der Waals surface area (Å²) >= 11 is 0. The minimum absolute atomic E-state index is 0.0667. The summed E-state index contributed by atoms with van der Waals surface area (Å²) in [6.07, 6.45) is 3.86. The predicted octanol–water partition coefficient (Wildman–Crippen LogP) is 1.84. The molecule has 1 heterocycles. The molecule has 0 radical (unpaired) electrons. The van der Waals surface area contributed by atoms with Crippen LogP contribution >= 0.6 is 0 Å². The van der Waals surface area contributed by atoms with Crippen molar-refractivity contribution in [3.8, 4) is 5.75 Å². The second-order valence-electron chi connectivity index (χ2n) is 5.71. The zero-order chi connectivity index (χ0) is 15.2. The predicted molar refractivity (Wildman–Crippen MR) is 84.7 cm³/mol. The van der Waals surface area contributed by atoms with Gasteiger partial charge in [-0.1, -0.05) is 6.42 Å². The zero-order valence-corrected chi connectivity index (χ0v) is 13.0. The molecule has 5 heteroatoms. The maximum atomic E-state index is 12.1. The Morgan fingerprint density at radius 1 is 1.29 bits per heavy atom. The number of ether oxygens (including phenoxy) is 1. The van der Waals surface area contributed by atoms with Crippen molar-refractivity contribution in [2.45, 2.75) is 19.3 Å². The van der Waals surface area contributed by atoms with Crippen molar-refractivity contribution in [1.82, 2.24) is 9.80 Å². The van der Waals surface area contributed by atoms with Crippen molar-refractivity contribution in [1.29, 1.82) is 0 Å². The van der Waals surface area contributed by atoms with Gasteiger partial charge in [-0.3, -0.25) is 9.69 Å². The number of amides is 1. The van der Waals surface area contributed by atoms with Crippen LogP contribution in [-0.4, -0.2) is 56.0 Å². The molecule has 0 bridgehead atoms. The fourth-order valence-electron chi connectivity index (χ4n) is 2.54. The van der Waals surface area contributed by atoms with Crippen molar-refractivity contribution in [3.05, 3.63) is 23.8 Å². The second kappa shape index (κ2) is 7.31. The molecular weight excluding hydrogens is 266 g/mol. The van der Waals surface area contributed by atoms with Crippen LogP contribution in [0.15, 0.2) is 18.2 Å². The van der Waals surface area contributed by atoms with Gasteiger partial charge in [-0.05, 0) is 38.1 Å². The fraction of sp³-hybridized carbons (Fsp3) is 0.562. The van der Waals surface area contributed by atoms with E-state index in [1.807, 2.05) is 0 Å². The largest absolute Gasteiger partial charge is 0.491 e. The molecule has 0 saturated carbocycles. The van der Waals surface area contributed by atoms with E-state index in [1.165, 1.54) is 19.3 Å². The quantitative estimate of drug-likeness (QED) is 0.841. The third-order valence-corrected chi connectivity index (χ3v) is 3.76. The number of benzene rings is 1. The highest BCUT2D eigenvalue weighted by molar-refractivity contribution is 5.97. The van der Waals surface area contributed by atoms with E-state index in [2.05, 4.69) is 4.90 Å². The van der Waals surface area contributed by atoms with Gasteiger partial charge in [-0.25, -0.2) is 0 Å². The number of hydrogen-bond donors (Lipinski definition) is 1. The third kappa shape index (κ3) is 4.36. The van der Waals surface area contributed by atoms with Gasteiger partial charge in [-0.2, -0.15) is 0 Å². The van der Waals surface area contributed by atoms with E-state index in [0.29, 0.717) is 23.6 Å². The molecule has 1 aromatic rings. The summed E-state index contributed by atoms with van der Waals surface area (Å²) in [6.45, 7) is 3.76. The van der Waals surface area contributed by atoms with E-state index in [4.69, 9.17) is 10.5 Å². The lowest BCUT2D eigenvalue weighted by molar-refractivity contribution is 0.0822. The van der Waals surface area contributed by atoms with Crippen molar-refractivity contribution >= 4 is 11.6 Å². The molecule has 2 N–H and O–H groups in total. The van der Waals surface area contributed by atoms with Gasteiger partial charge in [0, 0.05) is 32.4 Å². The lowest BCUT2D eigenvalue weighted by Crippen LogP contribution is -2.33. The number of rotatable bonds is 5. The molecule has 116 valence electrons. The molecule has 2 rings (SSSR count). The second-order valence-corrected chi connectivity index (χ2v) is 5.71. The standard InChI is InChI=1S/C16H25N3O2/c1-18(2)16(20)14-7-6-13(17)12-15(14)21-11-10-19-8-4-3-5-9-19/h6-7,12H,3-5,8-11,17H2,1-2H3. The molecule has 5 nitrogen and oxygen atoms in total. The fourth-order valence-corrected chi connectivity index (χ4v) is 2.54. The van der Waals surface area contributed by atoms with Crippen LogP contribution < -0.4 is 10.5 Å². The number of nitrogens with zero attached hydrogens (tertiary/aromatic N) is 2. The van der Waals surface area contributed by atoms with Crippen LogP contribution in [0.1, 0.15) is 29.6 Å². The van der Waals surface area contributed by atoms with Crippen LogP contribution in [0.4, 0.5) is 5.69 Å². The Morgan fingerprint density at radius 2 is 2.00 bits per heavy atom. The van der Waals surface area contributed by atoms with Crippen molar-refractivity contribution < 1.29 is 9.53 Å². The van der Waals surface area contributed by atoms with Gasteiger partial charge in [-0.15, -0.1) is 0 Å². The highest BCUT2D eigenvalue weighted by Crippen LogP contribution is 2.23. The Labute approximate surface area is 126 Å². The first-order valence-electron chi connectivity index (χ1n) is 7.54. The number of likely N-dealkylation sites (tertiary alicyclic amines) is 1. The van der Waals surface area contributed by atoms with Crippen LogP contribution in [0.2, 0.25) is 0 Å². The van der Waals surface area contributed by atoms with Gasteiger partial charge in [0.25, 0.3) is 5.91 Å². The minimum atomic E-state index is -0.0667. The van der Waals surface area contributed by atoms with Crippen LogP contribution in [0.3, 0.4) is 0 Å². The average Bonchev–Trinajstić information content (AvgIpc) is 2.48. The van der Waals surface area contributed by atoms with Crippen LogP contribution in [0.5, 0.6) is 5.75 Å². The van der Waals surface area contributed by atoms with E-state index in [1.54, 1.807) is 37.2 Å². The van der Waals surface area contributed by atoms with E-state index in [-0.39, 0.29) is 5.91 Å². The molecule has 1 aliphatic heterocycles. The zero-order valence-electron chi connectivity index (χ0n) is 13.0. The SMILES string of the molecule is CN(C)C(=O)c1ccc(N)cc1OCCN1CCCCC1. The number of carbonyl (C=O) groups is 1. The van der Waals surface area contributed by atoms with Gasteiger partial charge < -0.3 is 15.4 Å². The van der Waals surface area contributed by atoms with Crippen molar-refractivity contribution in [2.24, 2.45) is 0 Å². The molecule has 1 aliphatic rings. The monoisotopic (exact) mass is 291 g/mol. The molecule has 1 amide bonds. The van der Waals surface area contributed by atoms with E-state index >= 15 is 0 Å². The summed E-state index contributed by atoms with van der Waals surface area (Å²) in [5, 5.41) is 0. The molecule has 0 aromatic heterocycles. The van der Waals surface area contributed by atoms with Gasteiger partial charge in [0.1, 0.15) is 12.4 Å². The molecule has 1 fully saturated rings. The Kier molecular flexibility index (Phi) is 5.44. The first-order chi connectivity index (χ1) is 10.1. The van der Waals surface area contributed by atoms with Gasteiger partial charge >= 0.3 is 0 Å². The summed E-state index contributed by atoms with van der Waals surface area (Å²) in [6, 6.07) is 5.19. The topological polar surface area (TPSA) is 58.8 Å². The minimum Gasteiger partial charge on any atom is -0.491 e. The Hall–Kier alpha value is -1.75. The van der Waals surface area contributed by atoms with Crippen molar-refractivity contribution in [2.75, 3.05) is 46.1 Å². The molecule has 21 heavy (non-hydrogen) atoms.